The van der Waals surface area contributed by atoms with Gasteiger partial charge < -0.3 is 10.2 Å². The number of carbonyl (C=O) groups excluding carboxylic acids is 1. The molecule has 1 amide bonds. The molecule has 1 aliphatic rings. The third-order valence-electron chi connectivity index (χ3n) is 6.18. The minimum atomic E-state index is -0.0303. The van der Waals surface area contributed by atoms with E-state index >= 15 is 0 Å². The van der Waals surface area contributed by atoms with Gasteiger partial charge in [0, 0.05) is 38.8 Å². The Morgan fingerprint density at radius 3 is 1.83 bits per heavy atom. The fourth-order valence-electron chi connectivity index (χ4n) is 4.44. The normalized spacial score (nSPS) is 14.3. The number of nitrogens with one attached hydrogen (secondary N) is 1. The van der Waals surface area contributed by atoms with E-state index < -0.39 is 0 Å². The van der Waals surface area contributed by atoms with Crippen molar-refractivity contribution in [2.75, 3.05) is 39.3 Å². The fourth-order valence-corrected chi connectivity index (χ4v) is 4.44. The van der Waals surface area contributed by atoms with Crippen LogP contribution < -0.4 is 5.32 Å². The molecule has 0 aromatic heterocycles. The predicted octanol–water partition coefficient (Wildman–Crippen LogP) is 5.46. The second-order valence-electron chi connectivity index (χ2n) is 8.49. The van der Waals surface area contributed by atoms with E-state index in [0.29, 0.717) is 12.6 Å². The first-order valence-corrected chi connectivity index (χ1v) is 11.9. The van der Waals surface area contributed by atoms with Crippen molar-refractivity contribution in [1.29, 1.82) is 0 Å². The molecule has 0 radical (unpaired) electrons. The third-order valence-corrected chi connectivity index (χ3v) is 6.18. The number of piperazine rings is 1. The van der Waals surface area contributed by atoms with Crippen molar-refractivity contribution >= 4 is 36.8 Å². The Morgan fingerprint density at radius 2 is 1.29 bits per heavy atom. The van der Waals surface area contributed by atoms with Gasteiger partial charge in [-0.3, -0.25) is 9.69 Å². The lowest BCUT2D eigenvalue weighted by molar-refractivity contribution is -0.116. The minimum absolute atomic E-state index is 0. The summed E-state index contributed by atoms with van der Waals surface area (Å²) >= 11 is 0. The van der Waals surface area contributed by atoms with Crippen molar-refractivity contribution in [3.05, 3.63) is 114 Å². The van der Waals surface area contributed by atoms with Gasteiger partial charge in [0.15, 0.2) is 0 Å². The summed E-state index contributed by atoms with van der Waals surface area (Å²) in [6.45, 7) is 5.91. The van der Waals surface area contributed by atoms with Crippen LogP contribution in [0.15, 0.2) is 97.1 Å². The summed E-state index contributed by atoms with van der Waals surface area (Å²) in [5.41, 5.74) is 3.74. The van der Waals surface area contributed by atoms with Gasteiger partial charge in [-0.1, -0.05) is 91.0 Å². The number of rotatable bonds is 9. The number of hydrogen-bond donors (Lipinski definition) is 1. The smallest absolute Gasteiger partial charge is 0.243 e. The topological polar surface area (TPSA) is 35.6 Å². The summed E-state index contributed by atoms with van der Waals surface area (Å²) in [7, 11) is 0. The Balaban J connectivity index is 0.00000216. The molecule has 35 heavy (non-hydrogen) atoms. The molecule has 0 atom stereocenters. The van der Waals surface area contributed by atoms with Gasteiger partial charge in [0.1, 0.15) is 0 Å². The van der Waals surface area contributed by atoms with Crippen LogP contribution in [0.4, 0.5) is 0 Å². The molecule has 6 heteroatoms. The molecule has 0 aliphatic carbocycles. The average molecular weight is 513 g/mol. The lowest BCUT2D eigenvalue weighted by atomic mass is 9.96. The number of amides is 1. The molecule has 186 valence electrons. The monoisotopic (exact) mass is 511 g/mol. The Morgan fingerprint density at radius 1 is 0.771 bits per heavy atom. The van der Waals surface area contributed by atoms with Crippen LogP contribution in [-0.4, -0.2) is 55.0 Å². The van der Waals surface area contributed by atoms with Gasteiger partial charge in [0.2, 0.25) is 5.91 Å². The summed E-state index contributed by atoms with van der Waals surface area (Å²) in [6.07, 6.45) is 4.43. The maximum Gasteiger partial charge on any atom is 0.243 e. The highest BCUT2D eigenvalue weighted by Gasteiger charge is 2.26. The first kappa shape index (κ1) is 28.6. The lowest BCUT2D eigenvalue weighted by Crippen LogP contribution is -2.48. The molecule has 1 fully saturated rings. The van der Waals surface area contributed by atoms with Crippen molar-refractivity contribution in [1.82, 2.24) is 15.1 Å². The molecular weight excluding hydrogens is 477 g/mol. The highest BCUT2D eigenvalue weighted by atomic mass is 35.5. The van der Waals surface area contributed by atoms with E-state index in [1.807, 2.05) is 36.4 Å². The van der Waals surface area contributed by atoms with Gasteiger partial charge in [-0.25, -0.2) is 0 Å². The van der Waals surface area contributed by atoms with Gasteiger partial charge in [-0.05, 0) is 35.7 Å². The molecule has 0 saturated carbocycles. The van der Waals surface area contributed by atoms with Crippen LogP contribution in [-0.2, 0) is 4.79 Å². The molecule has 0 spiro atoms. The Labute approximate surface area is 221 Å². The molecule has 3 aromatic carbocycles. The highest BCUT2D eigenvalue weighted by Crippen LogP contribution is 2.29. The molecular formula is C29H35Cl2N3O. The van der Waals surface area contributed by atoms with Crippen molar-refractivity contribution in [2.45, 2.75) is 12.5 Å². The number of carbonyl (C=O) groups is 1. The van der Waals surface area contributed by atoms with Crippen LogP contribution in [0.3, 0.4) is 0 Å². The summed E-state index contributed by atoms with van der Waals surface area (Å²) in [6, 6.07) is 31.8. The van der Waals surface area contributed by atoms with Crippen molar-refractivity contribution in [3.8, 4) is 0 Å². The SMILES string of the molecule is Cl.Cl.O=C(/C=C/c1ccccc1)NCCCN1CCN(C(c2ccccc2)c2ccccc2)CC1. The van der Waals surface area contributed by atoms with Gasteiger partial charge in [-0.2, -0.15) is 0 Å². The zero-order valence-electron chi connectivity index (χ0n) is 20.0. The predicted molar refractivity (Wildman–Crippen MR) is 150 cm³/mol. The second-order valence-corrected chi connectivity index (χ2v) is 8.49. The average Bonchev–Trinajstić information content (AvgIpc) is 2.88. The van der Waals surface area contributed by atoms with Crippen LogP contribution >= 0.6 is 24.8 Å². The van der Waals surface area contributed by atoms with E-state index in [4.69, 9.17) is 0 Å². The third kappa shape index (κ3) is 8.83. The van der Waals surface area contributed by atoms with Gasteiger partial charge in [0.25, 0.3) is 0 Å². The largest absolute Gasteiger partial charge is 0.353 e. The van der Waals surface area contributed by atoms with Crippen LogP contribution in [0.2, 0.25) is 0 Å². The molecule has 1 saturated heterocycles. The van der Waals surface area contributed by atoms with Crippen LogP contribution in [0.5, 0.6) is 0 Å². The van der Waals surface area contributed by atoms with E-state index in [0.717, 1.165) is 44.7 Å². The maximum absolute atomic E-state index is 12.0. The van der Waals surface area contributed by atoms with Gasteiger partial charge in [-0.15, -0.1) is 24.8 Å². The number of hydrogen-bond acceptors (Lipinski definition) is 3. The quantitative estimate of drug-likeness (QED) is 0.306. The molecule has 0 unspecified atom stereocenters. The number of halogens is 2. The Hall–Kier alpha value is -2.63. The van der Waals surface area contributed by atoms with E-state index in [-0.39, 0.29) is 30.7 Å². The fraction of sp³-hybridized carbons (Fsp3) is 0.276. The lowest BCUT2D eigenvalue weighted by Gasteiger charge is -2.39. The first-order valence-electron chi connectivity index (χ1n) is 11.9. The maximum atomic E-state index is 12.0. The molecule has 1 aliphatic heterocycles. The molecule has 1 heterocycles. The zero-order chi connectivity index (χ0) is 22.7. The van der Waals surface area contributed by atoms with E-state index in [1.165, 1.54) is 11.1 Å². The number of benzene rings is 3. The minimum Gasteiger partial charge on any atom is -0.353 e. The Kier molecular flexibility index (Phi) is 12.6. The van der Waals surface area contributed by atoms with Crippen molar-refractivity contribution < 1.29 is 4.79 Å². The standard InChI is InChI=1S/C29H33N3O.2ClH/c33-28(18-17-25-11-4-1-5-12-25)30-19-10-20-31-21-23-32(24-22-31)29(26-13-6-2-7-14-26)27-15-8-3-9-16-27;;/h1-9,11-18,29H,10,19-24H2,(H,30,33);2*1H/b18-17+;;. The highest BCUT2D eigenvalue weighted by molar-refractivity contribution is 5.91. The molecule has 0 bridgehead atoms. The molecule has 3 aromatic rings. The number of nitrogens with zero attached hydrogens (tertiary/aromatic N) is 2. The van der Waals surface area contributed by atoms with Crippen LogP contribution in [0.1, 0.15) is 29.2 Å². The van der Waals surface area contributed by atoms with E-state index in [9.17, 15) is 4.79 Å². The van der Waals surface area contributed by atoms with E-state index in [1.54, 1.807) is 6.08 Å². The summed E-state index contributed by atoms with van der Waals surface area (Å²) in [5.74, 6) is -0.0303. The zero-order valence-corrected chi connectivity index (χ0v) is 21.6. The summed E-state index contributed by atoms with van der Waals surface area (Å²) in [5, 5.41) is 3.00. The molecule has 4 rings (SSSR count). The van der Waals surface area contributed by atoms with Gasteiger partial charge in [0.05, 0.1) is 6.04 Å². The summed E-state index contributed by atoms with van der Waals surface area (Å²) < 4.78 is 0. The van der Waals surface area contributed by atoms with Crippen LogP contribution in [0.25, 0.3) is 6.08 Å². The van der Waals surface area contributed by atoms with Gasteiger partial charge >= 0.3 is 0 Å². The first-order chi connectivity index (χ1) is 16.3. The Bertz CT molecular complexity index is 968. The van der Waals surface area contributed by atoms with Crippen molar-refractivity contribution in [3.63, 3.8) is 0 Å². The molecule has 1 N–H and O–H groups in total. The second kappa shape index (κ2) is 15.4. The summed E-state index contributed by atoms with van der Waals surface area (Å²) in [4.78, 5) is 17.1. The van der Waals surface area contributed by atoms with E-state index in [2.05, 4.69) is 75.8 Å². The van der Waals surface area contributed by atoms with Crippen LogP contribution in [0, 0.1) is 0 Å². The molecule has 4 nitrogen and oxygen atoms in total. The van der Waals surface area contributed by atoms with Crippen molar-refractivity contribution in [2.24, 2.45) is 0 Å².